The molecule has 9 heteroatoms. The third-order valence-corrected chi connectivity index (χ3v) is 6.21. The molecule has 0 bridgehead atoms. The van der Waals surface area contributed by atoms with Crippen LogP contribution in [0.4, 0.5) is 10.1 Å². The molecule has 1 N–H and O–H groups in total. The first-order valence-corrected chi connectivity index (χ1v) is 9.81. The number of carbonyl (C=O) groups excluding carboxylic acids is 1. The quantitative estimate of drug-likeness (QED) is 0.814. The summed E-state index contributed by atoms with van der Waals surface area (Å²) < 4.78 is 51.0. The number of anilines is 1. The summed E-state index contributed by atoms with van der Waals surface area (Å²) in [6.45, 7) is 3.83. The number of rotatable bonds is 6. The Bertz CT molecular complexity index is 974. The number of ether oxygens (including phenoxy) is 2. The van der Waals surface area contributed by atoms with Crippen molar-refractivity contribution in [1.82, 2.24) is 4.31 Å². The molecule has 0 saturated carbocycles. The molecule has 0 spiro atoms. The molecule has 0 saturated heterocycles. The monoisotopic (exact) mass is 394 g/mol. The maximum absolute atomic E-state index is 14.2. The molecule has 7 nitrogen and oxygen atoms in total. The molecule has 2 aromatic rings. The molecule has 2 aromatic carbocycles. The number of benzene rings is 2. The van der Waals surface area contributed by atoms with E-state index in [9.17, 15) is 17.6 Å². The summed E-state index contributed by atoms with van der Waals surface area (Å²) in [7, 11) is -4.03. The van der Waals surface area contributed by atoms with Crippen LogP contribution in [0.2, 0.25) is 0 Å². The smallest absolute Gasteiger partial charge is 0.255 e. The molecule has 27 heavy (non-hydrogen) atoms. The van der Waals surface area contributed by atoms with Crippen molar-refractivity contribution < 1.29 is 27.1 Å². The molecule has 1 amide bonds. The van der Waals surface area contributed by atoms with Crippen molar-refractivity contribution in [3.05, 3.63) is 47.8 Å². The average molecular weight is 394 g/mol. The molecule has 144 valence electrons. The zero-order valence-electron chi connectivity index (χ0n) is 14.9. The van der Waals surface area contributed by atoms with Gasteiger partial charge in [0, 0.05) is 30.4 Å². The number of halogens is 1. The first-order valence-electron chi connectivity index (χ1n) is 8.37. The number of carbonyl (C=O) groups is 1. The van der Waals surface area contributed by atoms with Crippen LogP contribution < -0.4 is 14.8 Å². The fourth-order valence-corrected chi connectivity index (χ4v) is 4.27. The van der Waals surface area contributed by atoms with Gasteiger partial charge in [0.25, 0.3) is 5.91 Å². The van der Waals surface area contributed by atoms with E-state index in [4.69, 9.17) is 9.47 Å². The van der Waals surface area contributed by atoms with Crippen molar-refractivity contribution in [3.63, 3.8) is 0 Å². The van der Waals surface area contributed by atoms with E-state index in [0.717, 1.165) is 16.4 Å². The Kier molecular flexibility index (Phi) is 5.33. The first-order chi connectivity index (χ1) is 12.9. The lowest BCUT2D eigenvalue weighted by Gasteiger charge is -2.19. The number of fused-ring (bicyclic) bond motifs is 1. The van der Waals surface area contributed by atoms with Crippen LogP contribution in [0, 0.1) is 5.82 Å². The molecule has 0 unspecified atom stereocenters. The van der Waals surface area contributed by atoms with Gasteiger partial charge in [-0.3, -0.25) is 4.79 Å². The second-order valence-electron chi connectivity index (χ2n) is 5.76. The predicted molar refractivity (Wildman–Crippen MR) is 97.0 cm³/mol. The zero-order valence-corrected chi connectivity index (χ0v) is 15.7. The Morgan fingerprint density at radius 1 is 1.11 bits per heavy atom. The van der Waals surface area contributed by atoms with Gasteiger partial charge in [0.05, 0.1) is 0 Å². The fraction of sp³-hybridized carbons (Fsp3) is 0.278. The highest BCUT2D eigenvalue weighted by atomic mass is 32.2. The number of hydrogen-bond donors (Lipinski definition) is 1. The largest absolute Gasteiger partial charge is 0.454 e. The van der Waals surface area contributed by atoms with Crippen LogP contribution in [0.5, 0.6) is 11.5 Å². The average Bonchev–Trinajstić information content (AvgIpc) is 3.10. The highest BCUT2D eigenvalue weighted by Crippen LogP contribution is 2.34. The van der Waals surface area contributed by atoms with Crippen LogP contribution in [-0.2, 0) is 10.0 Å². The van der Waals surface area contributed by atoms with Gasteiger partial charge < -0.3 is 14.8 Å². The number of amides is 1. The van der Waals surface area contributed by atoms with Crippen molar-refractivity contribution in [1.29, 1.82) is 0 Å². The molecule has 3 rings (SSSR count). The molecule has 1 aliphatic heterocycles. The Hall–Kier alpha value is -2.65. The topological polar surface area (TPSA) is 84.9 Å². The van der Waals surface area contributed by atoms with Gasteiger partial charge in [0.1, 0.15) is 10.7 Å². The molecular weight excluding hydrogens is 375 g/mol. The summed E-state index contributed by atoms with van der Waals surface area (Å²) in [5.41, 5.74) is 0.474. The van der Waals surface area contributed by atoms with Gasteiger partial charge in [-0.1, -0.05) is 13.8 Å². The molecule has 1 heterocycles. The molecule has 0 atom stereocenters. The zero-order chi connectivity index (χ0) is 19.6. The normalized spacial score (nSPS) is 13.0. The van der Waals surface area contributed by atoms with E-state index in [-0.39, 0.29) is 25.4 Å². The third-order valence-electron chi connectivity index (χ3n) is 4.15. The van der Waals surface area contributed by atoms with Crippen molar-refractivity contribution in [3.8, 4) is 11.5 Å². The van der Waals surface area contributed by atoms with E-state index in [0.29, 0.717) is 17.2 Å². The minimum atomic E-state index is -4.03. The fourth-order valence-electron chi connectivity index (χ4n) is 2.72. The molecule has 0 aromatic heterocycles. The summed E-state index contributed by atoms with van der Waals surface area (Å²) >= 11 is 0. The Balaban J connectivity index is 1.88. The summed E-state index contributed by atoms with van der Waals surface area (Å²) in [5, 5.41) is 2.64. The highest BCUT2D eigenvalue weighted by Gasteiger charge is 2.26. The van der Waals surface area contributed by atoms with E-state index in [2.05, 4.69) is 5.32 Å². The van der Waals surface area contributed by atoms with E-state index in [1.54, 1.807) is 32.0 Å². The maximum atomic E-state index is 14.2. The molecule has 0 radical (unpaired) electrons. The Morgan fingerprint density at radius 3 is 2.52 bits per heavy atom. The van der Waals surface area contributed by atoms with Gasteiger partial charge in [-0.2, -0.15) is 4.31 Å². The SMILES string of the molecule is CCN(CC)S(=O)(=O)c1cc(C(=O)Nc2ccc3c(c2)OCO3)ccc1F. The van der Waals surface area contributed by atoms with Crippen molar-refractivity contribution >= 4 is 21.6 Å². The second-order valence-corrected chi connectivity index (χ2v) is 7.66. The predicted octanol–water partition coefficient (Wildman–Crippen LogP) is 2.84. The van der Waals surface area contributed by atoms with Gasteiger partial charge in [0.15, 0.2) is 11.5 Å². The Labute approximate surface area is 156 Å². The van der Waals surface area contributed by atoms with Crippen LogP contribution in [0.15, 0.2) is 41.3 Å². The van der Waals surface area contributed by atoms with Gasteiger partial charge in [-0.25, -0.2) is 12.8 Å². The minimum Gasteiger partial charge on any atom is -0.454 e. The molecule has 0 aliphatic carbocycles. The third kappa shape index (κ3) is 3.74. The van der Waals surface area contributed by atoms with Crippen LogP contribution in [0.3, 0.4) is 0 Å². The Morgan fingerprint density at radius 2 is 1.81 bits per heavy atom. The number of hydrogen-bond acceptors (Lipinski definition) is 5. The summed E-state index contributed by atoms with van der Waals surface area (Å²) in [6.07, 6.45) is 0. The van der Waals surface area contributed by atoms with Crippen molar-refractivity contribution in [2.75, 3.05) is 25.2 Å². The van der Waals surface area contributed by atoms with Crippen LogP contribution >= 0.6 is 0 Å². The maximum Gasteiger partial charge on any atom is 0.255 e. The van der Waals surface area contributed by atoms with Crippen LogP contribution in [0.1, 0.15) is 24.2 Å². The lowest BCUT2D eigenvalue weighted by molar-refractivity contribution is 0.102. The summed E-state index contributed by atoms with van der Waals surface area (Å²) in [5.74, 6) is -0.398. The first kappa shape index (κ1) is 19.1. The van der Waals surface area contributed by atoms with Gasteiger partial charge in [0.2, 0.25) is 16.8 Å². The van der Waals surface area contributed by atoms with E-state index in [1.165, 1.54) is 6.07 Å². The van der Waals surface area contributed by atoms with Crippen molar-refractivity contribution in [2.45, 2.75) is 18.7 Å². The van der Waals surface area contributed by atoms with E-state index >= 15 is 0 Å². The van der Waals surface area contributed by atoms with Crippen LogP contribution in [-0.4, -0.2) is 38.5 Å². The van der Waals surface area contributed by atoms with E-state index < -0.39 is 26.6 Å². The van der Waals surface area contributed by atoms with Crippen molar-refractivity contribution in [2.24, 2.45) is 0 Å². The number of sulfonamides is 1. The molecule has 0 fully saturated rings. The van der Waals surface area contributed by atoms with Gasteiger partial charge in [-0.05, 0) is 30.3 Å². The molecular formula is C18H19FN2O5S. The lowest BCUT2D eigenvalue weighted by atomic mass is 10.2. The van der Waals surface area contributed by atoms with Crippen LogP contribution in [0.25, 0.3) is 0 Å². The summed E-state index contributed by atoms with van der Waals surface area (Å²) in [4.78, 5) is 12.0. The van der Waals surface area contributed by atoms with Gasteiger partial charge >= 0.3 is 0 Å². The van der Waals surface area contributed by atoms with E-state index in [1.807, 2.05) is 0 Å². The molecule has 1 aliphatic rings. The summed E-state index contributed by atoms with van der Waals surface area (Å²) in [6, 6.07) is 8.13. The number of nitrogens with one attached hydrogen (secondary N) is 1. The minimum absolute atomic E-state index is 0.0276. The second kappa shape index (κ2) is 7.53. The van der Waals surface area contributed by atoms with Gasteiger partial charge in [-0.15, -0.1) is 0 Å². The lowest BCUT2D eigenvalue weighted by Crippen LogP contribution is -2.31. The number of nitrogens with zero attached hydrogens (tertiary/aromatic N) is 1. The standard InChI is InChI=1S/C18H19FN2O5S/c1-3-21(4-2)27(23,24)17-9-12(5-7-14(17)19)18(22)20-13-6-8-15-16(10-13)26-11-25-15/h5-10H,3-4,11H2,1-2H3,(H,20,22). The highest BCUT2D eigenvalue weighted by molar-refractivity contribution is 7.89.